The fourth-order valence-electron chi connectivity index (χ4n) is 2.65. The van der Waals surface area contributed by atoms with E-state index in [4.69, 9.17) is 4.74 Å². The smallest absolute Gasteiger partial charge is 0.232 e. The van der Waals surface area contributed by atoms with Gasteiger partial charge in [-0.05, 0) is 37.1 Å². The third kappa shape index (κ3) is 4.47. The van der Waals surface area contributed by atoms with E-state index in [0.717, 1.165) is 17.0 Å². The van der Waals surface area contributed by atoms with Crippen molar-refractivity contribution in [1.29, 1.82) is 0 Å². The predicted molar refractivity (Wildman–Crippen MR) is 100 cm³/mol. The maximum Gasteiger partial charge on any atom is 0.232 e. The Morgan fingerprint density at radius 2 is 1.85 bits per heavy atom. The van der Waals surface area contributed by atoms with Gasteiger partial charge in [0.1, 0.15) is 11.6 Å². The van der Waals surface area contributed by atoms with E-state index in [1.54, 1.807) is 7.11 Å². The Morgan fingerprint density at radius 3 is 2.58 bits per heavy atom. The number of anilines is 1. The summed E-state index contributed by atoms with van der Waals surface area (Å²) in [5.74, 6) is 1.65. The second kappa shape index (κ2) is 7.82. The summed E-state index contributed by atoms with van der Waals surface area (Å²) in [7, 11) is 1.58. The van der Waals surface area contributed by atoms with Crippen LogP contribution in [0.25, 0.3) is 0 Å². The molecule has 26 heavy (non-hydrogen) atoms. The zero-order valence-electron chi connectivity index (χ0n) is 15.2. The highest BCUT2D eigenvalue weighted by atomic mass is 16.5. The molecule has 2 aromatic carbocycles. The molecule has 6 heteroatoms. The van der Waals surface area contributed by atoms with Gasteiger partial charge in [0.05, 0.1) is 19.2 Å². The van der Waals surface area contributed by atoms with Crippen LogP contribution in [0, 0.1) is 13.8 Å². The lowest BCUT2D eigenvalue weighted by Crippen LogP contribution is -2.16. The molecule has 0 radical (unpaired) electrons. The molecule has 1 heterocycles. The summed E-state index contributed by atoms with van der Waals surface area (Å²) in [5.41, 5.74) is 4.05. The first-order valence-corrected chi connectivity index (χ1v) is 8.43. The lowest BCUT2D eigenvalue weighted by atomic mass is 10.1. The Morgan fingerprint density at radius 1 is 1.12 bits per heavy atom. The topological polar surface area (TPSA) is 79.9 Å². The maximum atomic E-state index is 12.3. The summed E-state index contributed by atoms with van der Waals surface area (Å²) in [4.78, 5) is 16.7. The van der Waals surface area contributed by atoms with Crippen molar-refractivity contribution in [3.05, 3.63) is 70.8 Å². The maximum absolute atomic E-state index is 12.3. The fraction of sp³-hybridized carbons (Fsp3) is 0.250. The number of aromatic amines is 1. The third-order valence-electron chi connectivity index (χ3n) is 4.02. The predicted octanol–water partition coefficient (Wildman–Crippen LogP) is 3.20. The van der Waals surface area contributed by atoms with Crippen LogP contribution in [0.4, 0.5) is 5.69 Å². The van der Waals surface area contributed by atoms with Crippen molar-refractivity contribution in [3.8, 4) is 5.75 Å². The molecule has 0 saturated carbocycles. The van der Waals surface area contributed by atoms with Gasteiger partial charge in [-0.15, -0.1) is 0 Å². The Kier molecular flexibility index (Phi) is 5.31. The molecule has 0 saturated heterocycles. The van der Waals surface area contributed by atoms with Crippen LogP contribution in [0.1, 0.15) is 28.3 Å². The quantitative estimate of drug-likeness (QED) is 0.715. The lowest BCUT2D eigenvalue weighted by molar-refractivity contribution is -0.115. The zero-order valence-corrected chi connectivity index (χ0v) is 15.2. The number of nitrogens with one attached hydrogen (secondary N) is 2. The minimum atomic E-state index is -0.185. The number of aryl methyl sites for hydroxylation is 2. The van der Waals surface area contributed by atoms with Crippen molar-refractivity contribution in [2.24, 2.45) is 0 Å². The number of carbonyl (C=O) groups is 1. The number of nitrogens with zero attached hydrogens (tertiary/aromatic N) is 2. The Balaban J connectivity index is 1.62. The molecule has 0 unspecified atom stereocenters. The number of carbonyl (C=O) groups excluding carboxylic acids is 1. The van der Waals surface area contributed by atoms with Crippen LogP contribution in [-0.4, -0.2) is 28.2 Å². The number of methoxy groups -OCH3 is 1. The molecule has 1 amide bonds. The molecule has 0 fully saturated rings. The largest absolute Gasteiger partial charge is 0.495 e. The van der Waals surface area contributed by atoms with Gasteiger partial charge in [0.25, 0.3) is 0 Å². The molecule has 6 nitrogen and oxygen atoms in total. The average Bonchev–Trinajstić information content (AvgIpc) is 3.04. The van der Waals surface area contributed by atoms with Crippen LogP contribution < -0.4 is 10.1 Å². The second-order valence-corrected chi connectivity index (χ2v) is 6.29. The van der Waals surface area contributed by atoms with Crippen molar-refractivity contribution in [2.75, 3.05) is 12.4 Å². The Bertz CT molecular complexity index is 900. The molecular weight excluding hydrogens is 328 g/mol. The number of hydrogen-bond acceptors (Lipinski definition) is 4. The highest BCUT2D eigenvalue weighted by Crippen LogP contribution is 2.25. The van der Waals surface area contributed by atoms with Crippen LogP contribution in [0.3, 0.4) is 0 Å². The summed E-state index contributed by atoms with van der Waals surface area (Å²) in [6.45, 7) is 4.01. The molecule has 0 aliphatic carbocycles. The van der Waals surface area contributed by atoms with Crippen LogP contribution in [-0.2, 0) is 17.6 Å². The summed E-state index contributed by atoms with van der Waals surface area (Å²) in [6, 6.07) is 13.9. The van der Waals surface area contributed by atoms with Gasteiger partial charge in [-0.1, -0.05) is 35.9 Å². The minimum Gasteiger partial charge on any atom is -0.495 e. The van der Waals surface area contributed by atoms with Gasteiger partial charge in [-0.25, -0.2) is 4.98 Å². The standard InChI is InChI=1S/C20H22N4O2/c1-13-4-7-15(8-5-13)11-18-22-19(24-23-18)12-20(25)21-16-10-14(2)6-9-17(16)26-3/h4-10H,11-12H2,1-3H3,(H,21,25)(H,22,23,24). The first kappa shape index (κ1) is 17.7. The van der Waals surface area contributed by atoms with E-state index in [1.807, 2.05) is 25.1 Å². The van der Waals surface area contributed by atoms with E-state index in [1.165, 1.54) is 5.56 Å². The summed E-state index contributed by atoms with van der Waals surface area (Å²) >= 11 is 0. The van der Waals surface area contributed by atoms with Crippen molar-refractivity contribution in [2.45, 2.75) is 26.7 Å². The van der Waals surface area contributed by atoms with Crippen LogP contribution >= 0.6 is 0 Å². The molecule has 0 aliphatic rings. The van der Waals surface area contributed by atoms with Crippen molar-refractivity contribution >= 4 is 11.6 Å². The SMILES string of the molecule is COc1ccc(C)cc1NC(=O)Cc1n[nH]c(Cc2ccc(C)cc2)n1. The molecule has 3 aromatic rings. The lowest BCUT2D eigenvalue weighted by Gasteiger charge is -2.10. The molecular formula is C20H22N4O2. The molecule has 0 aliphatic heterocycles. The molecule has 1 aromatic heterocycles. The highest BCUT2D eigenvalue weighted by molar-refractivity contribution is 5.93. The molecule has 0 atom stereocenters. The average molecular weight is 350 g/mol. The normalized spacial score (nSPS) is 10.6. The monoisotopic (exact) mass is 350 g/mol. The van der Waals surface area contributed by atoms with Crippen molar-refractivity contribution < 1.29 is 9.53 Å². The third-order valence-corrected chi connectivity index (χ3v) is 4.02. The van der Waals surface area contributed by atoms with E-state index in [2.05, 4.69) is 51.7 Å². The summed E-state index contributed by atoms with van der Waals surface area (Å²) < 4.78 is 5.28. The van der Waals surface area contributed by atoms with Gasteiger partial charge in [0, 0.05) is 6.42 Å². The van der Waals surface area contributed by atoms with Crippen molar-refractivity contribution in [1.82, 2.24) is 15.2 Å². The van der Waals surface area contributed by atoms with Crippen LogP contribution in [0.15, 0.2) is 42.5 Å². The Labute approximate surface area is 152 Å². The van der Waals surface area contributed by atoms with E-state index in [-0.39, 0.29) is 12.3 Å². The zero-order chi connectivity index (χ0) is 18.5. The molecule has 134 valence electrons. The van der Waals surface area contributed by atoms with Gasteiger partial charge < -0.3 is 10.1 Å². The van der Waals surface area contributed by atoms with Crippen LogP contribution in [0.5, 0.6) is 5.75 Å². The number of aromatic nitrogens is 3. The van der Waals surface area contributed by atoms with Gasteiger partial charge in [0.2, 0.25) is 5.91 Å². The first-order chi connectivity index (χ1) is 12.5. The first-order valence-electron chi connectivity index (χ1n) is 8.43. The number of amides is 1. The van der Waals surface area contributed by atoms with E-state index in [9.17, 15) is 4.79 Å². The van der Waals surface area contributed by atoms with Gasteiger partial charge in [-0.2, -0.15) is 5.10 Å². The summed E-state index contributed by atoms with van der Waals surface area (Å²) in [6.07, 6.45) is 0.752. The van der Waals surface area contributed by atoms with Crippen LogP contribution in [0.2, 0.25) is 0 Å². The molecule has 0 bridgehead atoms. The highest BCUT2D eigenvalue weighted by Gasteiger charge is 2.12. The number of benzene rings is 2. The van der Waals surface area contributed by atoms with E-state index < -0.39 is 0 Å². The Hall–Kier alpha value is -3.15. The minimum absolute atomic E-state index is 0.0987. The van der Waals surface area contributed by atoms with Gasteiger partial charge >= 0.3 is 0 Å². The van der Waals surface area contributed by atoms with Gasteiger partial charge in [0.15, 0.2) is 5.82 Å². The number of hydrogen-bond donors (Lipinski definition) is 2. The van der Waals surface area contributed by atoms with Gasteiger partial charge in [-0.3, -0.25) is 9.89 Å². The van der Waals surface area contributed by atoms with Crippen molar-refractivity contribution in [3.63, 3.8) is 0 Å². The number of rotatable bonds is 6. The van der Waals surface area contributed by atoms with E-state index in [0.29, 0.717) is 23.7 Å². The fourth-order valence-corrected chi connectivity index (χ4v) is 2.65. The van der Waals surface area contributed by atoms with E-state index >= 15 is 0 Å². The number of H-pyrrole nitrogens is 1. The molecule has 0 spiro atoms. The summed E-state index contributed by atoms with van der Waals surface area (Å²) in [5, 5.41) is 9.91. The molecule has 2 N–H and O–H groups in total. The molecule has 3 rings (SSSR count). The number of ether oxygens (including phenoxy) is 1. The second-order valence-electron chi connectivity index (χ2n) is 6.29.